The van der Waals surface area contributed by atoms with Gasteiger partial charge >= 0.3 is 5.97 Å². The second kappa shape index (κ2) is 9.80. The first kappa shape index (κ1) is 23.5. The average Bonchev–Trinajstić information content (AvgIpc) is 3.34. The van der Waals surface area contributed by atoms with Gasteiger partial charge in [0.25, 0.3) is 0 Å². The van der Waals surface area contributed by atoms with Crippen molar-refractivity contribution in [1.82, 2.24) is 24.9 Å². The van der Waals surface area contributed by atoms with Crippen molar-refractivity contribution in [3.05, 3.63) is 78.3 Å². The van der Waals surface area contributed by atoms with E-state index in [1.54, 1.807) is 43.7 Å². The standard InChI is InChI=1S/C25H23FN6O4/c1-25(23(33)34)13-35-22(36-14-25)21-31-19(16-4-6-17(26)7-5-16)20(32-21)18-8-10-28-24(30-18)29-12-15-3-2-9-27-11-15/h2-11,22H,12-14H2,1H3,(H,31,32)(H,33,34)(H,28,29,30). The Morgan fingerprint density at radius 2 is 1.94 bits per heavy atom. The van der Waals surface area contributed by atoms with Gasteiger partial charge in [-0.25, -0.2) is 19.3 Å². The van der Waals surface area contributed by atoms with E-state index in [1.165, 1.54) is 12.1 Å². The number of ether oxygens (including phenoxy) is 2. The summed E-state index contributed by atoms with van der Waals surface area (Å²) in [6.45, 7) is 1.97. The summed E-state index contributed by atoms with van der Waals surface area (Å²) in [7, 11) is 0. The minimum Gasteiger partial charge on any atom is -0.481 e. The highest BCUT2D eigenvalue weighted by molar-refractivity contribution is 5.77. The van der Waals surface area contributed by atoms with Crippen LogP contribution in [0.3, 0.4) is 0 Å². The first-order valence-electron chi connectivity index (χ1n) is 11.2. The lowest BCUT2D eigenvalue weighted by atomic mass is 9.92. The monoisotopic (exact) mass is 490 g/mol. The van der Waals surface area contributed by atoms with E-state index in [9.17, 15) is 14.3 Å². The molecule has 1 saturated heterocycles. The van der Waals surface area contributed by atoms with E-state index in [2.05, 4.69) is 30.2 Å². The first-order chi connectivity index (χ1) is 17.4. The molecule has 0 bridgehead atoms. The number of hydrogen-bond donors (Lipinski definition) is 3. The van der Waals surface area contributed by atoms with Crippen molar-refractivity contribution in [2.24, 2.45) is 5.41 Å². The van der Waals surface area contributed by atoms with E-state index in [0.29, 0.717) is 41.0 Å². The summed E-state index contributed by atoms with van der Waals surface area (Å²) < 4.78 is 25.0. The van der Waals surface area contributed by atoms with Crippen molar-refractivity contribution in [1.29, 1.82) is 0 Å². The number of pyridine rings is 1. The Morgan fingerprint density at radius 3 is 2.64 bits per heavy atom. The molecule has 36 heavy (non-hydrogen) atoms. The molecule has 0 spiro atoms. The number of carboxylic acid groups (broad SMARTS) is 1. The minimum absolute atomic E-state index is 0.0369. The van der Waals surface area contributed by atoms with E-state index in [4.69, 9.17) is 9.47 Å². The molecule has 10 nitrogen and oxygen atoms in total. The van der Waals surface area contributed by atoms with Crippen molar-refractivity contribution in [2.75, 3.05) is 18.5 Å². The SMILES string of the molecule is CC1(C(=O)O)COC(c2nc(-c3ccc(F)cc3)c(-c3ccnc(NCc4cccnc4)n3)[nH]2)OC1. The van der Waals surface area contributed by atoms with Gasteiger partial charge in [-0.2, -0.15) is 0 Å². The van der Waals surface area contributed by atoms with Gasteiger partial charge in [0.15, 0.2) is 5.82 Å². The van der Waals surface area contributed by atoms with E-state index in [0.717, 1.165) is 5.56 Å². The molecule has 3 aromatic heterocycles. The highest BCUT2D eigenvalue weighted by Crippen LogP contribution is 2.35. The van der Waals surface area contributed by atoms with Crippen LogP contribution in [-0.4, -0.2) is 49.2 Å². The predicted molar refractivity (Wildman–Crippen MR) is 127 cm³/mol. The Bertz CT molecular complexity index is 1350. The molecular formula is C25H23FN6O4. The van der Waals surface area contributed by atoms with Crippen molar-refractivity contribution in [3.8, 4) is 22.6 Å². The van der Waals surface area contributed by atoms with Gasteiger partial charge in [0.1, 0.15) is 11.2 Å². The van der Waals surface area contributed by atoms with E-state index in [1.807, 2.05) is 12.1 Å². The van der Waals surface area contributed by atoms with Gasteiger partial charge in [-0.15, -0.1) is 0 Å². The fourth-order valence-electron chi connectivity index (χ4n) is 3.66. The lowest BCUT2D eigenvalue weighted by Crippen LogP contribution is -2.42. The summed E-state index contributed by atoms with van der Waals surface area (Å²) >= 11 is 0. The number of rotatable bonds is 7. The number of halogens is 1. The van der Waals surface area contributed by atoms with Crippen molar-refractivity contribution in [2.45, 2.75) is 19.8 Å². The molecule has 1 aromatic carbocycles. The Labute approximate surface area is 205 Å². The molecule has 1 aliphatic heterocycles. The second-order valence-electron chi connectivity index (χ2n) is 8.65. The molecule has 1 aliphatic rings. The zero-order chi connectivity index (χ0) is 25.1. The third kappa shape index (κ3) is 4.92. The predicted octanol–water partition coefficient (Wildman–Crippen LogP) is 3.82. The number of aromatic amines is 1. The van der Waals surface area contributed by atoms with Crippen LogP contribution in [0.5, 0.6) is 0 Å². The van der Waals surface area contributed by atoms with Gasteiger partial charge in [0.2, 0.25) is 12.2 Å². The Kier molecular flexibility index (Phi) is 6.40. The minimum atomic E-state index is -1.15. The topological polar surface area (TPSA) is 135 Å². The molecule has 0 aliphatic carbocycles. The average molecular weight is 490 g/mol. The van der Waals surface area contributed by atoms with Crippen LogP contribution < -0.4 is 5.32 Å². The van der Waals surface area contributed by atoms with Crippen molar-refractivity contribution in [3.63, 3.8) is 0 Å². The molecule has 11 heteroatoms. The number of H-pyrrole nitrogens is 1. The molecule has 184 valence electrons. The molecule has 1 fully saturated rings. The summed E-state index contributed by atoms with van der Waals surface area (Å²) in [5, 5.41) is 12.6. The lowest BCUT2D eigenvalue weighted by Gasteiger charge is -2.33. The van der Waals surface area contributed by atoms with Gasteiger partial charge in [0.05, 0.1) is 30.3 Å². The van der Waals surface area contributed by atoms with Crippen LogP contribution in [0.2, 0.25) is 0 Å². The number of anilines is 1. The van der Waals surface area contributed by atoms with Crippen LogP contribution in [0, 0.1) is 11.2 Å². The number of benzene rings is 1. The lowest BCUT2D eigenvalue weighted by molar-refractivity contribution is -0.236. The summed E-state index contributed by atoms with van der Waals surface area (Å²) in [5.74, 6) is -0.618. The van der Waals surface area contributed by atoms with Crippen molar-refractivity contribution >= 4 is 11.9 Å². The molecule has 5 rings (SSSR count). The van der Waals surface area contributed by atoms with Crippen LogP contribution in [0.25, 0.3) is 22.6 Å². The van der Waals surface area contributed by atoms with Gasteiger partial charge in [-0.3, -0.25) is 9.78 Å². The maximum atomic E-state index is 13.6. The number of nitrogens with zero attached hydrogens (tertiary/aromatic N) is 4. The number of carbonyl (C=O) groups is 1. The Hall–Kier alpha value is -4.22. The van der Waals surface area contributed by atoms with Crippen LogP contribution in [0.1, 0.15) is 24.6 Å². The number of nitrogens with one attached hydrogen (secondary N) is 2. The number of imidazole rings is 1. The molecule has 4 aromatic rings. The van der Waals surface area contributed by atoms with Gasteiger partial charge in [-0.05, 0) is 48.9 Å². The van der Waals surface area contributed by atoms with Crippen LogP contribution >= 0.6 is 0 Å². The largest absolute Gasteiger partial charge is 0.481 e. The van der Waals surface area contributed by atoms with Crippen LogP contribution in [0.4, 0.5) is 10.3 Å². The zero-order valence-electron chi connectivity index (χ0n) is 19.3. The molecule has 0 saturated carbocycles. The number of hydrogen-bond acceptors (Lipinski definition) is 8. The van der Waals surface area contributed by atoms with Gasteiger partial charge in [0, 0.05) is 30.7 Å². The first-order valence-corrected chi connectivity index (χ1v) is 11.2. The summed E-state index contributed by atoms with van der Waals surface area (Å²) in [6, 6.07) is 11.4. The summed E-state index contributed by atoms with van der Waals surface area (Å²) in [5.41, 5.74) is 2.10. The van der Waals surface area contributed by atoms with E-state index < -0.39 is 17.7 Å². The van der Waals surface area contributed by atoms with Crippen LogP contribution in [0.15, 0.2) is 61.1 Å². The highest BCUT2D eigenvalue weighted by Gasteiger charge is 2.41. The summed E-state index contributed by atoms with van der Waals surface area (Å²) in [6.07, 6.45) is 4.18. The Morgan fingerprint density at radius 1 is 1.17 bits per heavy atom. The van der Waals surface area contributed by atoms with Crippen LogP contribution in [-0.2, 0) is 20.8 Å². The molecule has 3 N–H and O–H groups in total. The maximum absolute atomic E-state index is 13.6. The van der Waals surface area contributed by atoms with Gasteiger partial charge in [-0.1, -0.05) is 6.07 Å². The fourth-order valence-corrected chi connectivity index (χ4v) is 3.66. The number of aromatic nitrogens is 5. The van der Waals surface area contributed by atoms with E-state index in [-0.39, 0.29) is 19.0 Å². The smallest absolute Gasteiger partial charge is 0.314 e. The quantitative estimate of drug-likeness (QED) is 0.353. The zero-order valence-corrected chi connectivity index (χ0v) is 19.3. The second-order valence-corrected chi connectivity index (χ2v) is 8.65. The highest BCUT2D eigenvalue weighted by atomic mass is 19.1. The molecule has 0 radical (unpaired) electrons. The third-order valence-corrected chi connectivity index (χ3v) is 5.77. The third-order valence-electron chi connectivity index (χ3n) is 5.77. The number of carboxylic acids is 1. The number of aliphatic carboxylic acids is 1. The van der Waals surface area contributed by atoms with Gasteiger partial charge < -0.3 is 24.9 Å². The fraction of sp³-hybridized carbons (Fsp3) is 0.240. The normalized spacial score (nSPS) is 19.7. The molecule has 4 heterocycles. The Balaban J connectivity index is 1.46. The maximum Gasteiger partial charge on any atom is 0.314 e. The summed E-state index contributed by atoms with van der Waals surface area (Å²) in [4.78, 5) is 32.4. The molecule has 0 amide bonds. The van der Waals surface area contributed by atoms with E-state index >= 15 is 0 Å². The molecule has 0 atom stereocenters. The van der Waals surface area contributed by atoms with Crippen molar-refractivity contribution < 1.29 is 23.8 Å². The molecular weight excluding hydrogens is 467 g/mol. The molecule has 0 unspecified atom stereocenters.